The first-order valence-corrected chi connectivity index (χ1v) is 7.70. The summed E-state index contributed by atoms with van der Waals surface area (Å²) in [5.41, 5.74) is 0. The van der Waals surface area contributed by atoms with Crippen molar-refractivity contribution < 1.29 is 22.6 Å². The molecular formula is C9H17BrO5S. The lowest BCUT2D eigenvalue weighted by Crippen LogP contribution is -2.30. The lowest BCUT2D eigenvalue weighted by molar-refractivity contribution is -0.0468. The largest absolute Gasteiger partial charge is 0.382 e. The molecule has 0 saturated carbocycles. The van der Waals surface area contributed by atoms with Crippen molar-refractivity contribution in [2.75, 3.05) is 38.9 Å². The molecule has 0 amide bonds. The van der Waals surface area contributed by atoms with Gasteiger partial charge in [0.2, 0.25) is 0 Å². The molecule has 1 aliphatic rings. The second-order valence-electron chi connectivity index (χ2n) is 3.78. The van der Waals surface area contributed by atoms with Gasteiger partial charge in [0.25, 0.3) is 0 Å². The quantitative estimate of drug-likeness (QED) is 0.656. The molecule has 96 valence electrons. The lowest BCUT2D eigenvalue weighted by atomic mass is 10.3. The SMILES string of the molecule is COCC(COC1CS(=O)(=O)CC1Br)OC. The average Bonchev–Trinajstić information content (AvgIpc) is 2.46. The second-order valence-corrected chi connectivity index (χ2v) is 7.11. The van der Waals surface area contributed by atoms with Crippen LogP contribution < -0.4 is 0 Å². The van der Waals surface area contributed by atoms with Crippen LogP contribution in [0.3, 0.4) is 0 Å². The van der Waals surface area contributed by atoms with E-state index in [1.807, 2.05) is 0 Å². The Morgan fingerprint density at radius 2 is 2.00 bits per heavy atom. The molecule has 3 unspecified atom stereocenters. The number of sulfone groups is 1. The molecule has 0 spiro atoms. The zero-order valence-electron chi connectivity index (χ0n) is 9.39. The average molecular weight is 317 g/mol. The van der Waals surface area contributed by atoms with E-state index in [2.05, 4.69) is 15.9 Å². The highest BCUT2D eigenvalue weighted by molar-refractivity contribution is 9.09. The van der Waals surface area contributed by atoms with Crippen molar-refractivity contribution in [3.63, 3.8) is 0 Å². The van der Waals surface area contributed by atoms with Gasteiger partial charge in [-0.1, -0.05) is 15.9 Å². The fourth-order valence-corrected chi connectivity index (χ4v) is 4.99. The zero-order chi connectivity index (χ0) is 12.2. The van der Waals surface area contributed by atoms with Crippen LogP contribution in [0.2, 0.25) is 0 Å². The van der Waals surface area contributed by atoms with Crippen LogP contribution in [0.4, 0.5) is 0 Å². The Hall–Kier alpha value is 0.310. The summed E-state index contributed by atoms with van der Waals surface area (Å²) < 4.78 is 38.2. The number of rotatable bonds is 6. The van der Waals surface area contributed by atoms with Gasteiger partial charge < -0.3 is 14.2 Å². The summed E-state index contributed by atoms with van der Waals surface area (Å²) in [6, 6.07) is 0. The maximum absolute atomic E-state index is 11.3. The molecule has 1 saturated heterocycles. The van der Waals surface area contributed by atoms with Crippen LogP contribution in [0.25, 0.3) is 0 Å². The van der Waals surface area contributed by atoms with Crippen molar-refractivity contribution >= 4 is 25.8 Å². The first-order valence-electron chi connectivity index (χ1n) is 4.96. The maximum atomic E-state index is 11.3. The van der Waals surface area contributed by atoms with Crippen LogP contribution in [0.1, 0.15) is 0 Å². The number of hydrogen-bond donors (Lipinski definition) is 0. The molecule has 0 radical (unpaired) electrons. The Balaban J connectivity index is 2.38. The molecule has 0 bridgehead atoms. The van der Waals surface area contributed by atoms with Gasteiger partial charge in [-0.05, 0) is 0 Å². The molecule has 7 heteroatoms. The fraction of sp³-hybridized carbons (Fsp3) is 1.00. The van der Waals surface area contributed by atoms with E-state index >= 15 is 0 Å². The highest BCUT2D eigenvalue weighted by Crippen LogP contribution is 2.22. The smallest absolute Gasteiger partial charge is 0.154 e. The highest BCUT2D eigenvalue weighted by atomic mass is 79.9. The molecule has 16 heavy (non-hydrogen) atoms. The molecule has 3 atom stereocenters. The van der Waals surface area contributed by atoms with Gasteiger partial charge in [0, 0.05) is 14.2 Å². The minimum absolute atomic E-state index is 0.0757. The molecule has 0 aliphatic carbocycles. The van der Waals surface area contributed by atoms with Gasteiger partial charge in [0.15, 0.2) is 9.84 Å². The van der Waals surface area contributed by atoms with Crippen molar-refractivity contribution in [2.24, 2.45) is 0 Å². The van der Waals surface area contributed by atoms with Gasteiger partial charge in [-0.25, -0.2) is 8.42 Å². The summed E-state index contributed by atoms with van der Waals surface area (Å²) in [4.78, 5) is -0.127. The van der Waals surface area contributed by atoms with E-state index in [1.165, 1.54) is 0 Å². The van der Waals surface area contributed by atoms with Crippen molar-refractivity contribution in [2.45, 2.75) is 17.0 Å². The van der Waals surface area contributed by atoms with E-state index in [1.54, 1.807) is 14.2 Å². The minimum Gasteiger partial charge on any atom is -0.382 e. The van der Waals surface area contributed by atoms with Gasteiger partial charge >= 0.3 is 0 Å². The molecule has 5 nitrogen and oxygen atoms in total. The second kappa shape index (κ2) is 6.30. The molecule has 1 rings (SSSR count). The van der Waals surface area contributed by atoms with Crippen molar-refractivity contribution in [1.82, 2.24) is 0 Å². The van der Waals surface area contributed by atoms with Crippen LogP contribution in [0.5, 0.6) is 0 Å². The predicted octanol–water partition coefficient (Wildman–Crippen LogP) is 0.225. The maximum Gasteiger partial charge on any atom is 0.154 e. The van der Waals surface area contributed by atoms with Crippen molar-refractivity contribution in [1.29, 1.82) is 0 Å². The molecule has 0 aromatic carbocycles. The van der Waals surface area contributed by atoms with Gasteiger partial charge in [-0.15, -0.1) is 0 Å². The van der Waals surface area contributed by atoms with Crippen LogP contribution in [0, 0.1) is 0 Å². The number of halogens is 1. The van der Waals surface area contributed by atoms with E-state index in [0.717, 1.165) is 0 Å². The molecule has 1 heterocycles. The normalized spacial score (nSPS) is 30.4. The van der Waals surface area contributed by atoms with Crippen molar-refractivity contribution in [3.05, 3.63) is 0 Å². The van der Waals surface area contributed by atoms with E-state index < -0.39 is 9.84 Å². The Morgan fingerprint density at radius 3 is 2.44 bits per heavy atom. The molecular weight excluding hydrogens is 300 g/mol. The first kappa shape index (κ1) is 14.4. The Morgan fingerprint density at radius 1 is 1.31 bits per heavy atom. The summed E-state index contributed by atoms with van der Waals surface area (Å²) in [6.07, 6.45) is -0.451. The summed E-state index contributed by atoms with van der Waals surface area (Å²) in [7, 11) is 0.201. The Bertz CT molecular complexity index is 305. The fourth-order valence-electron chi connectivity index (χ4n) is 1.53. The third-order valence-corrected chi connectivity index (χ3v) is 5.46. The Labute approximate surface area is 104 Å². The number of alkyl halides is 1. The number of methoxy groups -OCH3 is 2. The van der Waals surface area contributed by atoms with Crippen LogP contribution >= 0.6 is 15.9 Å². The highest BCUT2D eigenvalue weighted by Gasteiger charge is 2.37. The standard InChI is InChI=1S/C9H17BrO5S/c1-13-3-7(14-2)4-15-9-6-16(11,12)5-8(9)10/h7-9H,3-6H2,1-2H3. The van der Waals surface area contributed by atoms with E-state index in [9.17, 15) is 8.42 Å². The van der Waals surface area contributed by atoms with Crippen molar-refractivity contribution in [3.8, 4) is 0 Å². The Kier molecular flexibility index (Phi) is 5.66. The summed E-state index contributed by atoms with van der Waals surface area (Å²) in [6.45, 7) is 0.773. The van der Waals surface area contributed by atoms with Crippen LogP contribution in [0.15, 0.2) is 0 Å². The van der Waals surface area contributed by atoms with Gasteiger partial charge in [-0.3, -0.25) is 0 Å². The third-order valence-electron chi connectivity index (χ3n) is 2.42. The summed E-state index contributed by atoms with van der Waals surface area (Å²) in [5.74, 6) is 0.214. The molecule has 1 fully saturated rings. The first-order chi connectivity index (χ1) is 7.48. The van der Waals surface area contributed by atoms with Gasteiger partial charge in [0.05, 0.1) is 35.7 Å². The predicted molar refractivity (Wildman–Crippen MR) is 63.8 cm³/mol. The van der Waals surface area contributed by atoms with E-state index in [4.69, 9.17) is 14.2 Å². The number of ether oxygens (including phenoxy) is 3. The van der Waals surface area contributed by atoms with E-state index in [-0.39, 0.29) is 28.5 Å². The topological polar surface area (TPSA) is 61.8 Å². The molecule has 0 aromatic heterocycles. The monoisotopic (exact) mass is 316 g/mol. The van der Waals surface area contributed by atoms with Crippen LogP contribution in [-0.4, -0.2) is 64.4 Å². The summed E-state index contributed by atoms with van der Waals surface area (Å²) in [5, 5.41) is 0. The van der Waals surface area contributed by atoms with E-state index in [0.29, 0.717) is 13.2 Å². The van der Waals surface area contributed by atoms with Gasteiger partial charge in [-0.2, -0.15) is 0 Å². The minimum atomic E-state index is -2.96. The molecule has 0 aromatic rings. The van der Waals surface area contributed by atoms with Gasteiger partial charge in [0.1, 0.15) is 6.10 Å². The summed E-state index contributed by atoms with van der Waals surface area (Å²) >= 11 is 3.32. The zero-order valence-corrected chi connectivity index (χ0v) is 11.8. The number of hydrogen-bond acceptors (Lipinski definition) is 5. The molecule has 0 N–H and O–H groups in total. The lowest BCUT2D eigenvalue weighted by Gasteiger charge is -2.19. The van der Waals surface area contributed by atoms with Crippen LogP contribution in [-0.2, 0) is 24.0 Å². The molecule has 1 aliphatic heterocycles. The third kappa shape index (κ3) is 4.29.